The van der Waals surface area contributed by atoms with Gasteiger partial charge in [-0.25, -0.2) is 0 Å². The fraction of sp³-hybridized carbons (Fsp3) is 0.263. The molecule has 0 saturated heterocycles. The Labute approximate surface area is 151 Å². The lowest BCUT2D eigenvalue weighted by Crippen LogP contribution is -2.24. The zero-order valence-corrected chi connectivity index (χ0v) is 15.3. The maximum Gasteiger partial charge on any atom is 0.0664 e. The first kappa shape index (κ1) is 15.8. The second-order valence-corrected chi connectivity index (χ2v) is 7.98. The molecule has 0 bridgehead atoms. The Bertz CT molecular complexity index is 885. The summed E-state index contributed by atoms with van der Waals surface area (Å²) in [5.74, 6) is 0. The number of fused-ring (bicyclic) bond motifs is 2. The molecule has 0 aliphatic carbocycles. The van der Waals surface area contributed by atoms with Crippen molar-refractivity contribution in [3.8, 4) is 0 Å². The van der Waals surface area contributed by atoms with E-state index in [-0.39, 0.29) is 0 Å². The van der Waals surface area contributed by atoms with Gasteiger partial charge in [-0.1, -0.05) is 30.3 Å². The number of nitrogens with two attached hydrogens (primary N) is 1. The van der Waals surface area contributed by atoms with Gasteiger partial charge in [-0.3, -0.25) is 0 Å². The van der Waals surface area contributed by atoms with Gasteiger partial charge in [-0.15, -0.1) is 11.3 Å². The third kappa shape index (κ3) is 2.65. The zero-order valence-electron chi connectivity index (χ0n) is 13.7. The number of halogens is 1. The molecule has 0 aromatic carbocycles. The van der Waals surface area contributed by atoms with Crippen molar-refractivity contribution in [2.75, 3.05) is 13.6 Å². The lowest BCUT2D eigenvalue weighted by atomic mass is 10.1. The number of thiophene rings is 1. The van der Waals surface area contributed by atoms with Gasteiger partial charge in [-0.2, -0.15) is 0 Å². The summed E-state index contributed by atoms with van der Waals surface area (Å²) in [4.78, 5) is 5.21. The molecule has 0 atom stereocenters. The first-order chi connectivity index (χ1) is 11.5. The van der Waals surface area contributed by atoms with Gasteiger partial charge in [0.1, 0.15) is 0 Å². The topological polar surface area (TPSA) is 34.2 Å². The molecule has 4 rings (SSSR count). The van der Waals surface area contributed by atoms with Gasteiger partial charge in [-0.05, 0) is 42.8 Å². The third-order valence-electron chi connectivity index (χ3n) is 4.69. The molecular formula is C19H20ClN3S. The van der Waals surface area contributed by atoms with Crippen LogP contribution in [0.4, 0.5) is 0 Å². The number of likely N-dealkylation sites (N-methyl/N-ethyl adjacent to an activating group) is 1. The summed E-state index contributed by atoms with van der Waals surface area (Å²) in [5, 5.41) is 0.717. The van der Waals surface area contributed by atoms with Crippen LogP contribution in [0.2, 0.25) is 5.02 Å². The highest BCUT2D eigenvalue weighted by Crippen LogP contribution is 2.35. The number of hydrogen-bond donors (Lipinski definition) is 1. The molecule has 24 heavy (non-hydrogen) atoms. The highest BCUT2D eigenvalue weighted by atomic mass is 35.5. The van der Waals surface area contributed by atoms with E-state index in [0.29, 0.717) is 5.70 Å². The van der Waals surface area contributed by atoms with Gasteiger partial charge in [0.05, 0.1) is 16.4 Å². The smallest absolute Gasteiger partial charge is 0.0664 e. The monoisotopic (exact) mass is 357 g/mol. The van der Waals surface area contributed by atoms with E-state index in [0.717, 1.165) is 42.5 Å². The van der Waals surface area contributed by atoms with Crippen molar-refractivity contribution < 1.29 is 0 Å². The van der Waals surface area contributed by atoms with E-state index < -0.39 is 0 Å². The Morgan fingerprint density at radius 1 is 1.33 bits per heavy atom. The molecule has 2 aromatic rings. The standard InChI is InChI=1S/C19H20ClN3S/c1-12(21)17-10-15(20)16-4-3-13(6-8-23(16)17)18-9-14-5-7-22(2)11-19(14)24-18/h3-4,6,9-10H,1,5,7-8,11,21H2,2H3. The van der Waals surface area contributed by atoms with Crippen LogP contribution >= 0.6 is 22.9 Å². The van der Waals surface area contributed by atoms with Crippen LogP contribution in [0.1, 0.15) is 26.7 Å². The Balaban J connectivity index is 1.70. The summed E-state index contributed by atoms with van der Waals surface area (Å²) in [6.45, 7) is 6.80. The van der Waals surface area contributed by atoms with Gasteiger partial charge in [0.15, 0.2) is 0 Å². The number of allylic oxidation sites excluding steroid dienone is 3. The van der Waals surface area contributed by atoms with Crippen LogP contribution in [0.5, 0.6) is 0 Å². The Kier molecular flexibility index (Phi) is 3.91. The molecule has 0 spiro atoms. The molecule has 0 saturated carbocycles. The van der Waals surface area contributed by atoms with E-state index in [2.05, 4.69) is 47.4 Å². The Morgan fingerprint density at radius 3 is 2.96 bits per heavy atom. The van der Waals surface area contributed by atoms with Crippen LogP contribution in [0.15, 0.2) is 30.9 Å². The molecule has 124 valence electrons. The minimum absolute atomic E-state index is 0.544. The predicted molar refractivity (Wildman–Crippen MR) is 104 cm³/mol. The van der Waals surface area contributed by atoms with Crippen LogP contribution in [0.25, 0.3) is 17.3 Å². The van der Waals surface area contributed by atoms with Crippen LogP contribution < -0.4 is 5.73 Å². The summed E-state index contributed by atoms with van der Waals surface area (Å²) < 4.78 is 2.12. The van der Waals surface area contributed by atoms with Gasteiger partial charge in [0.25, 0.3) is 0 Å². The Hall–Kier alpha value is -1.75. The summed E-state index contributed by atoms with van der Waals surface area (Å²) in [7, 11) is 2.18. The molecule has 2 aliphatic rings. The SMILES string of the molecule is C=C(N)c1cc(Cl)c2n1CC=C(c1cc3c(s1)CN(C)CC3)C=C2. The van der Waals surface area contributed by atoms with Gasteiger partial charge < -0.3 is 15.2 Å². The van der Waals surface area contributed by atoms with E-state index in [1.54, 1.807) is 0 Å². The van der Waals surface area contributed by atoms with E-state index >= 15 is 0 Å². The fourth-order valence-electron chi connectivity index (χ4n) is 3.36. The summed E-state index contributed by atoms with van der Waals surface area (Å²) >= 11 is 8.28. The van der Waals surface area contributed by atoms with Crippen LogP contribution in [0, 0.1) is 0 Å². The second kappa shape index (κ2) is 5.96. The second-order valence-electron chi connectivity index (χ2n) is 6.44. The number of nitrogens with zero attached hydrogens (tertiary/aromatic N) is 2. The van der Waals surface area contributed by atoms with E-state index in [9.17, 15) is 0 Å². The van der Waals surface area contributed by atoms with E-state index in [4.69, 9.17) is 17.3 Å². The summed E-state index contributed by atoms with van der Waals surface area (Å²) in [6, 6.07) is 4.25. The number of hydrogen-bond acceptors (Lipinski definition) is 3. The number of aromatic nitrogens is 1. The van der Waals surface area contributed by atoms with Crippen molar-refractivity contribution in [3.63, 3.8) is 0 Å². The fourth-order valence-corrected chi connectivity index (χ4v) is 4.94. The molecule has 2 N–H and O–H groups in total. The summed E-state index contributed by atoms with van der Waals surface area (Å²) in [6.07, 6.45) is 7.63. The first-order valence-electron chi connectivity index (χ1n) is 8.05. The van der Waals surface area contributed by atoms with Crippen molar-refractivity contribution in [2.24, 2.45) is 5.73 Å². The van der Waals surface area contributed by atoms with Crippen molar-refractivity contribution in [1.29, 1.82) is 0 Å². The van der Waals surface area contributed by atoms with E-state index in [1.165, 1.54) is 20.9 Å². The van der Waals surface area contributed by atoms with Crippen molar-refractivity contribution in [3.05, 3.63) is 62.6 Å². The Morgan fingerprint density at radius 2 is 2.17 bits per heavy atom. The van der Waals surface area contributed by atoms with Crippen molar-refractivity contribution in [1.82, 2.24) is 9.47 Å². The minimum Gasteiger partial charge on any atom is -0.398 e. The van der Waals surface area contributed by atoms with E-state index in [1.807, 2.05) is 17.4 Å². The highest BCUT2D eigenvalue weighted by molar-refractivity contribution is 7.13. The maximum atomic E-state index is 6.38. The minimum atomic E-state index is 0.544. The molecule has 0 fully saturated rings. The van der Waals surface area contributed by atoms with Crippen molar-refractivity contribution >= 4 is 40.3 Å². The average molecular weight is 358 g/mol. The molecular weight excluding hydrogens is 338 g/mol. The molecule has 0 unspecified atom stereocenters. The molecule has 0 amide bonds. The molecule has 2 aromatic heterocycles. The summed E-state index contributed by atoms with van der Waals surface area (Å²) in [5.41, 5.74) is 11.1. The van der Waals surface area contributed by atoms with Crippen LogP contribution in [-0.4, -0.2) is 23.1 Å². The third-order valence-corrected chi connectivity index (χ3v) is 6.20. The molecule has 0 radical (unpaired) electrons. The normalized spacial score (nSPS) is 17.2. The quantitative estimate of drug-likeness (QED) is 0.872. The predicted octanol–water partition coefficient (Wildman–Crippen LogP) is 4.23. The average Bonchev–Trinajstić information content (AvgIpc) is 3.00. The molecule has 2 aliphatic heterocycles. The maximum absolute atomic E-state index is 6.38. The van der Waals surface area contributed by atoms with Gasteiger partial charge >= 0.3 is 0 Å². The van der Waals surface area contributed by atoms with Gasteiger partial charge in [0.2, 0.25) is 0 Å². The lowest BCUT2D eigenvalue weighted by Gasteiger charge is -2.21. The highest BCUT2D eigenvalue weighted by Gasteiger charge is 2.19. The zero-order chi connectivity index (χ0) is 16.8. The molecule has 5 heteroatoms. The van der Waals surface area contributed by atoms with Crippen LogP contribution in [0.3, 0.4) is 0 Å². The first-order valence-corrected chi connectivity index (χ1v) is 9.25. The molecule has 3 nitrogen and oxygen atoms in total. The lowest BCUT2D eigenvalue weighted by molar-refractivity contribution is 0.317. The van der Waals surface area contributed by atoms with Gasteiger partial charge in [0, 0.05) is 35.1 Å². The molecule has 4 heterocycles. The van der Waals surface area contributed by atoms with Crippen molar-refractivity contribution in [2.45, 2.75) is 19.5 Å². The van der Waals surface area contributed by atoms with Crippen LogP contribution in [-0.2, 0) is 19.5 Å². The largest absolute Gasteiger partial charge is 0.398 e. The number of rotatable bonds is 2.